The third kappa shape index (κ3) is 6.54. The molecule has 5 nitrogen and oxygen atoms in total. The van der Waals surface area contributed by atoms with Gasteiger partial charge in [0.15, 0.2) is 0 Å². The minimum atomic E-state index is -0.126. The van der Waals surface area contributed by atoms with E-state index in [1.807, 2.05) is 30.3 Å². The van der Waals surface area contributed by atoms with Gasteiger partial charge in [-0.3, -0.25) is 4.79 Å². The maximum absolute atomic E-state index is 12.5. The molecular formula is C23H35N3O2. The predicted molar refractivity (Wildman–Crippen MR) is 113 cm³/mol. The summed E-state index contributed by atoms with van der Waals surface area (Å²) in [5.74, 6) is 0.0718. The first-order valence-electron chi connectivity index (χ1n) is 11.1. The molecule has 0 unspecified atom stereocenters. The topological polar surface area (TPSA) is 61.4 Å². The number of benzene rings is 1. The quantitative estimate of drug-likeness (QED) is 0.788. The van der Waals surface area contributed by atoms with Crippen molar-refractivity contribution in [1.82, 2.24) is 10.6 Å². The van der Waals surface area contributed by atoms with E-state index in [1.54, 1.807) is 4.90 Å². The van der Waals surface area contributed by atoms with E-state index in [1.165, 1.54) is 57.8 Å². The Bertz CT molecular complexity index is 608. The Kier molecular flexibility index (Phi) is 8.19. The van der Waals surface area contributed by atoms with Gasteiger partial charge >= 0.3 is 6.03 Å². The molecule has 3 amide bonds. The number of carbonyl (C=O) groups is 2. The average Bonchev–Trinajstić information content (AvgIpc) is 3.04. The zero-order valence-corrected chi connectivity index (χ0v) is 17.0. The summed E-state index contributed by atoms with van der Waals surface area (Å²) in [5.41, 5.74) is 0.900. The Morgan fingerprint density at radius 2 is 1.32 bits per heavy atom. The fourth-order valence-electron chi connectivity index (χ4n) is 4.38. The van der Waals surface area contributed by atoms with Gasteiger partial charge in [-0.15, -0.1) is 0 Å². The van der Waals surface area contributed by atoms with Crippen molar-refractivity contribution >= 4 is 17.6 Å². The summed E-state index contributed by atoms with van der Waals surface area (Å²) in [6, 6.07) is 9.68. The minimum Gasteiger partial charge on any atom is -0.335 e. The number of carbonyl (C=O) groups excluding carboxylic acids is 2. The van der Waals surface area contributed by atoms with E-state index in [-0.39, 0.29) is 24.0 Å². The highest BCUT2D eigenvalue weighted by atomic mass is 16.2. The largest absolute Gasteiger partial charge is 0.335 e. The number of nitrogens with zero attached hydrogens (tertiary/aromatic N) is 1. The van der Waals surface area contributed by atoms with E-state index in [9.17, 15) is 9.59 Å². The monoisotopic (exact) mass is 385 g/mol. The minimum absolute atomic E-state index is 0.0718. The molecule has 2 N–H and O–H groups in total. The van der Waals surface area contributed by atoms with Gasteiger partial charge in [0.05, 0.1) is 6.04 Å². The number of hydrogen-bond donors (Lipinski definition) is 2. The third-order valence-corrected chi connectivity index (χ3v) is 5.97. The number of amides is 3. The van der Waals surface area contributed by atoms with Crippen molar-refractivity contribution < 1.29 is 9.59 Å². The summed E-state index contributed by atoms with van der Waals surface area (Å²) in [6.07, 6.45) is 14.1. The molecule has 154 valence electrons. The number of para-hydroxylation sites is 1. The summed E-state index contributed by atoms with van der Waals surface area (Å²) in [7, 11) is 0. The predicted octanol–water partition coefficient (Wildman–Crippen LogP) is 4.76. The molecule has 1 aromatic rings. The van der Waals surface area contributed by atoms with Crippen LogP contribution in [0.25, 0.3) is 0 Å². The van der Waals surface area contributed by atoms with Crippen molar-refractivity contribution in [3.63, 3.8) is 0 Å². The molecule has 1 aliphatic heterocycles. The van der Waals surface area contributed by atoms with Crippen molar-refractivity contribution in [1.29, 1.82) is 0 Å². The van der Waals surface area contributed by atoms with Crippen LogP contribution in [-0.2, 0) is 4.79 Å². The number of nitrogens with one attached hydrogen (secondary N) is 2. The van der Waals surface area contributed by atoms with Gasteiger partial charge in [-0.25, -0.2) is 4.79 Å². The Labute approximate surface area is 169 Å². The first kappa shape index (κ1) is 20.7. The highest BCUT2D eigenvalue weighted by Crippen LogP contribution is 2.21. The lowest BCUT2D eigenvalue weighted by molar-refractivity contribution is -0.117. The summed E-state index contributed by atoms with van der Waals surface area (Å²) in [6.45, 7) is 0.543. The van der Waals surface area contributed by atoms with Crippen LogP contribution in [0.5, 0.6) is 0 Å². The molecule has 2 aliphatic rings. The normalized spacial score (nSPS) is 22.9. The Morgan fingerprint density at radius 3 is 1.93 bits per heavy atom. The van der Waals surface area contributed by atoms with E-state index in [2.05, 4.69) is 10.6 Å². The van der Waals surface area contributed by atoms with Gasteiger partial charge in [0.25, 0.3) is 0 Å². The van der Waals surface area contributed by atoms with Crippen LogP contribution in [0, 0.1) is 0 Å². The van der Waals surface area contributed by atoms with Gasteiger partial charge in [0, 0.05) is 24.7 Å². The molecule has 28 heavy (non-hydrogen) atoms. The van der Waals surface area contributed by atoms with Crippen LogP contribution in [-0.4, -0.2) is 30.6 Å². The van der Waals surface area contributed by atoms with E-state index < -0.39 is 0 Å². The molecule has 1 atom stereocenters. The molecule has 0 bridgehead atoms. The molecule has 1 heterocycles. The average molecular weight is 386 g/mol. The van der Waals surface area contributed by atoms with Crippen LogP contribution < -0.4 is 15.5 Å². The molecule has 0 radical (unpaired) electrons. The summed E-state index contributed by atoms with van der Waals surface area (Å²) >= 11 is 0. The van der Waals surface area contributed by atoms with Crippen LogP contribution in [0.1, 0.15) is 77.0 Å². The van der Waals surface area contributed by atoms with Crippen LogP contribution in [0.3, 0.4) is 0 Å². The highest BCUT2D eigenvalue weighted by molar-refractivity contribution is 5.96. The van der Waals surface area contributed by atoms with Gasteiger partial charge < -0.3 is 15.5 Å². The van der Waals surface area contributed by atoms with Crippen molar-refractivity contribution in [2.24, 2.45) is 0 Å². The zero-order chi connectivity index (χ0) is 19.6. The van der Waals surface area contributed by atoms with Gasteiger partial charge in [-0.2, -0.15) is 0 Å². The van der Waals surface area contributed by atoms with E-state index in [0.29, 0.717) is 13.0 Å². The number of urea groups is 1. The van der Waals surface area contributed by atoms with Gasteiger partial charge in [-0.05, 0) is 25.0 Å². The number of anilines is 1. The van der Waals surface area contributed by atoms with Crippen LogP contribution in [0.4, 0.5) is 10.5 Å². The second-order valence-electron chi connectivity index (χ2n) is 8.31. The maximum atomic E-state index is 12.5. The van der Waals surface area contributed by atoms with Gasteiger partial charge in [-0.1, -0.05) is 76.0 Å². The molecule has 3 rings (SSSR count). The van der Waals surface area contributed by atoms with E-state index >= 15 is 0 Å². The van der Waals surface area contributed by atoms with Crippen LogP contribution >= 0.6 is 0 Å². The lowest BCUT2D eigenvalue weighted by atomic mass is 9.98. The maximum Gasteiger partial charge on any atom is 0.315 e. The molecular weight excluding hydrogens is 350 g/mol. The molecule has 1 aliphatic carbocycles. The fraction of sp³-hybridized carbons (Fsp3) is 0.652. The first-order chi connectivity index (χ1) is 13.7. The van der Waals surface area contributed by atoms with Crippen LogP contribution in [0.15, 0.2) is 30.3 Å². The van der Waals surface area contributed by atoms with E-state index in [4.69, 9.17) is 0 Å². The smallest absolute Gasteiger partial charge is 0.315 e. The van der Waals surface area contributed by atoms with Crippen molar-refractivity contribution in [2.45, 2.75) is 89.1 Å². The Morgan fingerprint density at radius 1 is 0.786 bits per heavy atom. The van der Waals surface area contributed by atoms with Crippen molar-refractivity contribution in [3.05, 3.63) is 30.3 Å². The summed E-state index contributed by atoms with van der Waals surface area (Å²) < 4.78 is 0. The third-order valence-electron chi connectivity index (χ3n) is 5.97. The van der Waals surface area contributed by atoms with Crippen LogP contribution in [0.2, 0.25) is 0 Å². The molecule has 5 heteroatoms. The molecule has 1 saturated heterocycles. The van der Waals surface area contributed by atoms with Gasteiger partial charge in [0.2, 0.25) is 5.91 Å². The zero-order valence-electron chi connectivity index (χ0n) is 17.0. The molecule has 2 fully saturated rings. The molecule has 0 aromatic heterocycles. The number of hydrogen-bond acceptors (Lipinski definition) is 2. The molecule has 0 spiro atoms. The SMILES string of the molecule is O=C(NC1CCCCCCCCCCC1)N[C@H]1CC(=O)N(c2ccccc2)C1. The Hall–Kier alpha value is -2.04. The highest BCUT2D eigenvalue weighted by Gasteiger charge is 2.31. The second-order valence-corrected chi connectivity index (χ2v) is 8.31. The number of rotatable bonds is 3. The lowest BCUT2D eigenvalue weighted by Gasteiger charge is -2.22. The van der Waals surface area contributed by atoms with Crippen molar-refractivity contribution in [3.8, 4) is 0 Å². The lowest BCUT2D eigenvalue weighted by Crippen LogP contribution is -2.47. The van der Waals surface area contributed by atoms with Gasteiger partial charge in [0.1, 0.15) is 0 Å². The summed E-state index contributed by atoms with van der Waals surface area (Å²) in [4.78, 5) is 26.6. The fourth-order valence-corrected chi connectivity index (χ4v) is 4.38. The summed E-state index contributed by atoms with van der Waals surface area (Å²) in [5, 5.41) is 6.22. The van der Waals surface area contributed by atoms with E-state index in [0.717, 1.165) is 18.5 Å². The second kappa shape index (κ2) is 11.1. The molecule has 1 saturated carbocycles. The first-order valence-corrected chi connectivity index (χ1v) is 11.1. The Balaban J connectivity index is 1.46. The molecule has 1 aromatic carbocycles. The van der Waals surface area contributed by atoms with Crippen molar-refractivity contribution in [2.75, 3.05) is 11.4 Å². The standard InChI is InChI=1S/C23H35N3O2/c27-22-17-20(18-26(22)21-15-11-8-12-16-21)25-23(28)24-19-13-9-6-4-2-1-3-5-7-10-14-19/h8,11-12,15-16,19-20H,1-7,9-10,13-14,17-18H2,(H2,24,25,28)/t20-/m0/s1.